The van der Waals surface area contributed by atoms with Crippen LogP contribution in [0.5, 0.6) is 5.75 Å². The highest BCUT2D eigenvalue weighted by atomic mass is 16.5. The smallest absolute Gasteiger partial charge is 0.137 e. The zero-order valence-corrected chi connectivity index (χ0v) is 11.9. The molecule has 0 aliphatic carbocycles. The van der Waals surface area contributed by atoms with Crippen molar-refractivity contribution >= 4 is 0 Å². The quantitative estimate of drug-likeness (QED) is 0.386. The molecule has 0 spiro atoms. The maximum absolute atomic E-state index is 5.61. The Kier molecular flexibility index (Phi) is 8.13. The zero-order valence-electron chi connectivity index (χ0n) is 11.9. The Hall–Kier alpha value is -1.17. The van der Waals surface area contributed by atoms with Crippen molar-refractivity contribution < 1.29 is 9.47 Å². The molecular formula is C14H25N3O2. The maximum Gasteiger partial charge on any atom is 0.137 e. The molecule has 0 aromatic carbocycles. The molecule has 0 aliphatic rings. The summed E-state index contributed by atoms with van der Waals surface area (Å²) in [5.74, 6) is 6.41. The Labute approximate surface area is 115 Å². The fraction of sp³-hybridized carbons (Fsp3) is 0.643. The van der Waals surface area contributed by atoms with Crippen molar-refractivity contribution in [3.8, 4) is 5.75 Å². The van der Waals surface area contributed by atoms with Crippen LogP contribution < -0.4 is 16.0 Å². The van der Waals surface area contributed by atoms with Gasteiger partial charge in [-0.3, -0.25) is 16.3 Å². The third-order valence-corrected chi connectivity index (χ3v) is 2.80. The van der Waals surface area contributed by atoms with Gasteiger partial charge in [-0.2, -0.15) is 0 Å². The minimum Gasteiger partial charge on any atom is -0.492 e. The molecular weight excluding hydrogens is 242 g/mol. The minimum absolute atomic E-state index is 0.0816. The average Bonchev–Trinajstić information content (AvgIpc) is 2.45. The van der Waals surface area contributed by atoms with Crippen LogP contribution in [0.3, 0.4) is 0 Å². The van der Waals surface area contributed by atoms with Gasteiger partial charge in [0.2, 0.25) is 0 Å². The minimum atomic E-state index is 0.0816. The van der Waals surface area contributed by atoms with Crippen molar-refractivity contribution in [1.29, 1.82) is 0 Å². The Balaban J connectivity index is 2.54. The van der Waals surface area contributed by atoms with Gasteiger partial charge < -0.3 is 9.47 Å². The molecule has 0 fully saturated rings. The molecule has 1 unspecified atom stereocenters. The van der Waals surface area contributed by atoms with Crippen LogP contribution in [0.15, 0.2) is 18.5 Å². The van der Waals surface area contributed by atoms with E-state index in [0.29, 0.717) is 6.61 Å². The number of pyridine rings is 1. The zero-order chi connectivity index (χ0) is 13.9. The van der Waals surface area contributed by atoms with Crippen LogP contribution in [-0.2, 0) is 4.74 Å². The highest BCUT2D eigenvalue weighted by molar-refractivity contribution is 5.25. The Bertz CT molecular complexity index is 347. The number of ether oxygens (including phenoxy) is 2. The number of hydrogen-bond acceptors (Lipinski definition) is 5. The predicted molar refractivity (Wildman–Crippen MR) is 75.8 cm³/mol. The van der Waals surface area contributed by atoms with Crippen LogP contribution >= 0.6 is 0 Å². The van der Waals surface area contributed by atoms with Crippen molar-refractivity contribution in [3.63, 3.8) is 0 Å². The molecule has 1 rings (SSSR count). The van der Waals surface area contributed by atoms with E-state index in [4.69, 9.17) is 15.3 Å². The van der Waals surface area contributed by atoms with E-state index in [-0.39, 0.29) is 6.04 Å². The van der Waals surface area contributed by atoms with Crippen LogP contribution in [0.1, 0.15) is 44.7 Å². The number of nitrogens with zero attached hydrogens (tertiary/aromatic N) is 1. The lowest BCUT2D eigenvalue weighted by Crippen LogP contribution is -2.28. The van der Waals surface area contributed by atoms with E-state index >= 15 is 0 Å². The van der Waals surface area contributed by atoms with Gasteiger partial charge in [-0.15, -0.1) is 0 Å². The first-order chi connectivity index (χ1) is 9.31. The Morgan fingerprint density at radius 1 is 1.32 bits per heavy atom. The summed E-state index contributed by atoms with van der Waals surface area (Å²) in [7, 11) is 0. The van der Waals surface area contributed by atoms with E-state index in [0.717, 1.165) is 43.8 Å². The lowest BCUT2D eigenvalue weighted by Gasteiger charge is -2.16. The largest absolute Gasteiger partial charge is 0.492 e. The molecule has 1 aromatic heterocycles. The molecule has 1 heterocycles. The monoisotopic (exact) mass is 267 g/mol. The number of aromatic nitrogens is 1. The maximum atomic E-state index is 5.61. The molecule has 1 aromatic rings. The standard InChI is InChI=1S/C14H25N3O2/c1-3-7-19-13-9-12(10-16-11-13)14(17-15)6-5-8-18-4-2/h9-11,14,17H,3-8,15H2,1-2H3. The fourth-order valence-electron chi connectivity index (χ4n) is 1.81. The molecule has 0 amide bonds. The third kappa shape index (κ3) is 6.00. The molecule has 0 saturated heterocycles. The lowest BCUT2D eigenvalue weighted by molar-refractivity contribution is 0.141. The first-order valence-corrected chi connectivity index (χ1v) is 6.93. The van der Waals surface area contributed by atoms with E-state index in [1.807, 2.05) is 19.2 Å². The van der Waals surface area contributed by atoms with Crippen LogP contribution in [0.25, 0.3) is 0 Å². The van der Waals surface area contributed by atoms with Crippen molar-refractivity contribution in [2.75, 3.05) is 19.8 Å². The molecule has 3 N–H and O–H groups in total. The SMILES string of the molecule is CCCOc1cncc(C(CCCOCC)NN)c1. The van der Waals surface area contributed by atoms with Gasteiger partial charge in [0.15, 0.2) is 0 Å². The van der Waals surface area contributed by atoms with E-state index in [2.05, 4.69) is 17.3 Å². The normalized spacial score (nSPS) is 12.4. The summed E-state index contributed by atoms with van der Waals surface area (Å²) in [4.78, 5) is 4.20. The average molecular weight is 267 g/mol. The van der Waals surface area contributed by atoms with Gasteiger partial charge in [0.1, 0.15) is 5.75 Å². The van der Waals surface area contributed by atoms with Gasteiger partial charge in [0, 0.05) is 25.5 Å². The van der Waals surface area contributed by atoms with E-state index < -0.39 is 0 Å². The number of hydrazine groups is 1. The summed E-state index contributed by atoms with van der Waals surface area (Å²) in [5.41, 5.74) is 3.88. The van der Waals surface area contributed by atoms with Gasteiger partial charge in [0.05, 0.1) is 12.8 Å². The fourth-order valence-corrected chi connectivity index (χ4v) is 1.81. The number of nitrogens with one attached hydrogen (secondary N) is 1. The van der Waals surface area contributed by atoms with Crippen molar-refractivity contribution in [3.05, 3.63) is 24.0 Å². The highest BCUT2D eigenvalue weighted by Gasteiger charge is 2.10. The van der Waals surface area contributed by atoms with Crippen LogP contribution in [-0.4, -0.2) is 24.8 Å². The molecule has 1 atom stereocenters. The molecule has 0 aliphatic heterocycles. The van der Waals surface area contributed by atoms with Crippen LogP contribution in [0.4, 0.5) is 0 Å². The summed E-state index contributed by atoms with van der Waals surface area (Å²) in [6, 6.07) is 2.08. The van der Waals surface area contributed by atoms with E-state index in [9.17, 15) is 0 Å². The highest BCUT2D eigenvalue weighted by Crippen LogP contribution is 2.21. The summed E-state index contributed by atoms with van der Waals surface area (Å²) < 4.78 is 10.9. The van der Waals surface area contributed by atoms with Crippen molar-refractivity contribution in [2.24, 2.45) is 5.84 Å². The molecule has 0 saturated carbocycles. The number of rotatable bonds is 10. The van der Waals surface area contributed by atoms with E-state index in [1.54, 1.807) is 6.20 Å². The topological polar surface area (TPSA) is 69.4 Å². The van der Waals surface area contributed by atoms with Gasteiger partial charge >= 0.3 is 0 Å². The lowest BCUT2D eigenvalue weighted by atomic mass is 10.0. The Morgan fingerprint density at radius 3 is 2.84 bits per heavy atom. The first kappa shape index (κ1) is 15.9. The summed E-state index contributed by atoms with van der Waals surface area (Å²) in [6.45, 7) is 6.29. The second-order valence-corrected chi connectivity index (χ2v) is 4.36. The van der Waals surface area contributed by atoms with Gasteiger partial charge in [-0.05, 0) is 37.8 Å². The summed E-state index contributed by atoms with van der Waals surface area (Å²) in [5, 5.41) is 0. The van der Waals surface area contributed by atoms with Gasteiger partial charge in [0.25, 0.3) is 0 Å². The third-order valence-electron chi connectivity index (χ3n) is 2.80. The number of nitrogens with two attached hydrogens (primary N) is 1. The van der Waals surface area contributed by atoms with Crippen molar-refractivity contribution in [1.82, 2.24) is 10.4 Å². The molecule has 5 nitrogen and oxygen atoms in total. The molecule has 108 valence electrons. The predicted octanol–water partition coefficient (Wildman–Crippen LogP) is 2.19. The Morgan fingerprint density at radius 2 is 2.16 bits per heavy atom. The molecule has 19 heavy (non-hydrogen) atoms. The molecule has 0 bridgehead atoms. The molecule has 0 radical (unpaired) electrons. The first-order valence-electron chi connectivity index (χ1n) is 6.93. The van der Waals surface area contributed by atoms with Gasteiger partial charge in [-0.1, -0.05) is 6.92 Å². The number of hydrogen-bond donors (Lipinski definition) is 2. The molecule has 5 heteroatoms. The second kappa shape index (κ2) is 9.72. The van der Waals surface area contributed by atoms with Gasteiger partial charge in [-0.25, -0.2) is 0 Å². The summed E-state index contributed by atoms with van der Waals surface area (Å²) >= 11 is 0. The summed E-state index contributed by atoms with van der Waals surface area (Å²) in [6.07, 6.45) is 6.41. The van der Waals surface area contributed by atoms with Crippen molar-refractivity contribution in [2.45, 2.75) is 39.2 Å². The van der Waals surface area contributed by atoms with Crippen LogP contribution in [0, 0.1) is 0 Å². The van der Waals surface area contributed by atoms with E-state index in [1.165, 1.54) is 0 Å². The van der Waals surface area contributed by atoms with Crippen LogP contribution in [0.2, 0.25) is 0 Å². The second-order valence-electron chi connectivity index (χ2n) is 4.36.